The number of benzene rings is 2. The van der Waals surface area contributed by atoms with Crippen molar-refractivity contribution in [2.24, 2.45) is 4.99 Å². The van der Waals surface area contributed by atoms with Crippen LogP contribution in [0.2, 0.25) is 0 Å². The predicted molar refractivity (Wildman–Crippen MR) is 120 cm³/mol. The van der Waals surface area contributed by atoms with Gasteiger partial charge in [0.25, 0.3) is 5.56 Å². The summed E-state index contributed by atoms with van der Waals surface area (Å²) in [5, 5.41) is 10.7. The normalized spacial score (nSPS) is 17.4. The molecule has 9 nitrogen and oxygen atoms in total. The van der Waals surface area contributed by atoms with Crippen molar-refractivity contribution in [3.8, 4) is 0 Å². The number of rotatable bonds is 4. The Labute approximate surface area is 192 Å². The van der Waals surface area contributed by atoms with Crippen LogP contribution in [-0.2, 0) is 16.2 Å². The molecule has 1 saturated heterocycles. The molecule has 2 aromatic carbocycles. The molecule has 0 saturated carbocycles. The molecule has 0 atom stereocenters. The molecule has 0 amide bonds. The third-order valence-electron chi connectivity index (χ3n) is 5.82. The lowest BCUT2D eigenvalue weighted by molar-refractivity contribution is -0.137. The molecule has 2 aliphatic heterocycles. The number of amidine groups is 1. The van der Waals surface area contributed by atoms with Crippen molar-refractivity contribution in [3.05, 3.63) is 58.4 Å². The zero-order valence-corrected chi connectivity index (χ0v) is 18.4. The van der Waals surface area contributed by atoms with Gasteiger partial charge in [0.05, 0.1) is 33.5 Å². The fourth-order valence-corrected chi connectivity index (χ4v) is 5.56. The van der Waals surface area contributed by atoms with E-state index in [1.165, 1.54) is 10.4 Å². The van der Waals surface area contributed by atoms with Crippen molar-refractivity contribution in [2.45, 2.75) is 11.1 Å². The van der Waals surface area contributed by atoms with Crippen molar-refractivity contribution < 1.29 is 21.6 Å². The number of alkyl halides is 3. The van der Waals surface area contributed by atoms with E-state index in [1.807, 2.05) is 4.90 Å². The third kappa shape index (κ3) is 4.06. The predicted octanol–water partition coefficient (Wildman–Crippen LogP) is 2.40. The number of aromatic amines is 1. The van der Waals surface area contributed by atoms with E-state index >= 15 is 0 Å². The molecule has 0 spiro atoms. The standard InChI is InChI=1S/C21H19F3N6O3S/c22-21(23,24)13-3-1-4-14(11-13)34(32,33)30-9-7-29(8-10-30)12-17-25-16-6-2-5-15-18(16)19(26-17)27-28-20(15)31/h1-6,11H,7-10,12H2,(H,28,31)(H,25,26,27). The average Bonchev–Trinajstić information content (AvgIpc) is 2.81. The number of nitrogens with zero attached hydrogens (tertiary/aromatic N) is 4. The first-order chi connectivity index (χ1) is 16.1. The molecule has 1 aromatic heterocycles. The summed E-state index contributed by atoms with van der Waals surface area (Å²) in [6, 6.07) is 8.99. The van der Waals surface area contributed by atoms with E-state index < -0.39 is 21.8 Å². The van der Waals surface area contributed by atoms with Gasteiger partial charge in [-0.1, -0.05) is 12.1 Å². The maximum atomic E-state index is 13.0. The van der Waals surface area contributed by atoms with Crippen LogP contribution in [0.1, 0.15) is 5.56 Å². The Morgan fingerprint density at radius 1 is 1.03 bits per heavy atom. The van der Waals surface area contributed by atoms with E-state index in [9.17, 15) is 26.4 Å². The minimum atomic E-state index is -4.62. The third-order valence-corrected chi connectivity index (χ3v) is 7.71. The van der Waals surface area contributed by atoms with Gasteiger partial charge in [-0.15, -0.1) is 0 Å². The van der Waals surface area contributed by atoms with Crippen LogP contribution in [0, 0.1) is 0 Å². The van der Waals surface area contributed by atoms with E-state index in [2.05, 4.69) is 20.5 Å². The first-order valence-corrected chi connectivity index (χ1v) is 11.8. The van der Waals surface area contributed by atoms with E-state index in [0.29, 0.717) is 53.8 Å². The fraction of sp³-hybridized carbons (Fsp3) is 0.286. The molecule has 178 valence electrons. The van der Waals surface area contributed by atoms with Gasteiger partial charge in [-0.3, -0.25) is 9.69 Å². The summed E-state index contributed by atoms with van der Waals surface area (Å²) in [6.07, 6.45) is -4.62. The second-order valence-electron chi connectivity index (χ2n) is 7.99. The number of halogens is 3. The summed E-state index contributed by atoms with van der Waals surface area (Å²) in [6.45, 7) is 1.38. The Morgan fingerprint density at radius 3 is 2.50 bits per heavy atom. The van der Waals surface area contributed by atoms with Gasteiger partial charge in [0, 0.05) is 26.2 Å². The second-order valence-corrected chi connectivity index (χ2v) is 9.93. The highest BCUT2D eigenvalue weighted by Gasteiger charge is 2.34. The lowest BCUT2D eigenvalue weighted by Gasteiger charge is -2.34. The highest BCUT2D eigenvalue weighted by Crippen LogP contribution is 2.33. The van der Waals surface area contributed by atoms with Crippen LogP contribution < -0.4 is 10.9 Å². The molecule has 13 heteroatoms. The van der Waals surface area contributed by atoms with Gasteiger partial charge in [-0.05, 0) is 30.3 Å². The first kappa shape index (κ1) is 22.5. The van der Waals surface area contributed by atoms with E-state index in [0.717, 1.165) is 12.1 Å². The van der Waals surface area contributed by atoms with Crippen molar-refractivity contribution in [1.82, 2.24) is 19.4 Å². The van der Waals surface area contributed by atoms with Crippen molar-refractivity contribution in [1.29, 1.82) is 0 Å². The summed E-state index contributed by atoms with van der Waals surface area (Å²) >= 11 is 0. The van der Waals surface area contributed by atoms with Gasteiger partial charge < -0.3 is 5.32 Å². The average molecular weight is 492 g/mol. The Hall–Kier alpha value is -3.29. The molecule has 3 heterocycles. The lowest BCUT2D eigenvalue weighted by atomic mass is 10.1. The first-order valence-electron chi connectivity index (χ1n) is 10.4. The van der Waals surface area contributed by atoms with Crippen LogP contribution in [0.15, 0.2) is 57.1 Å². The largest absolute Gasteiger partial charge is 0.416 e. The maximum Gasteiger partial charge on any atom is 0.416 e. The summed E-state index contributed by atoms with van der Waals surface area (Å²) in [5.74, 6) is 1.08. The molecule has 0 aliphatic carbocycles. The molecule has 0 bridgehead atoms. The van der Waals surface area contributed by atoms with Gasteiger partial charge in [0.1, 0.15) is 5.84 Å². The molecular formula is C21H19F3N6O3S. The van der Waals surface area contributed by atoms with Crippen molar-refractivity contribution >= 4 is 38.1 Å². The molecule has 1 fully saturated rings. The second kappa shape index (κ2) is 8.18. The molecule has 0 radical (unpaired) electrons. The zero-order valence-electron chi connectivity index (χ0n) is 17.6. The van der Waals surface area contributed by atoms with E-state index in [1.54, 1.807) is 18.2 Å². The van der Waals surface area contributed by atoms with Crippen molar-refractivity contribution in [2.75, 3.05) is 38.0 Å². The summed E-state index contributed by atoms with van der Waals surface area (Å²) in [5.41, 5.74) is -0.691. The minimum absolute atomic E-state index is 0.129. The SMILES string of the molecule is O=c1[nH]nc2c3c(cccc13)N=C(CN1CCN(S(=O)(=O)c3cccc(C(F)(F)F)c3)CC1)N2. The van der Waals surface area contributed by atoms with Crippen LogP contribution in [0.5, 0.6) is 0 Å². The van der Waals surface area contributed by atoms with Gasteiger partial charge >= 0.3 is 6.18 Å². The summed E-state index contributed by atoms with van der Waals surface area (Å²) < 4.78 is 66.0. The molecule has 2 N–H and O–H groups in total. The fourth-order valence-electron chi connectivity index (χ4n) is 4.09. The van der Waals surface area contributed by atoms with Crippen LogP contribution in [0.25, 0.3) is 10.8 Å². The number of sulfonamides is 1. The highest BCUT2D eigenvalue weighted by molar-refractivity contribution is 7.89. The van der Waals surface area contributed by atoms with Crippen LogP contribution >= 0.6 is 0 Å². The topological polar surface area (TPSA) is 111 Å². The maximum absolute atomic E-state index is 13.0. The lowest BCUT2D eigenvalue weighted by Crippen LogP contribution is -2.50. The number of hydrogen-bond acceptors (Lipinski definition) is 7. The van der Waals surface area contributed by atoms with Crippen LogP contribution in [0.3, 0.4) is 0 Å². The summed E-state index contributed by atoms with van der Waals surface area (Å²) in [4.78, 5) is 18.2. The van der Waals surface area contributed by atoms with Gasteiger partial charge in [-0.2, -0.15) is 22.6 Å². The van der Waals surface area contributed by atoms with Crippen molar-refractivity contribution in [3.63, 3.8) is 0 Å². The number of H-pyrrole nitrogens is 1. The van der Waals surface area contributed by atoms with Gasteiger partial charge in [0.15, 0.2) is 5.82 Å². The Bertz CT molecular complexity index is 1460. The summed E-state index contributed by atoms with van der Waals surface area (Å²) in [7, 11) is -4.05. The minimum Gasteiger partial charge on any atom is -0.325 e. The number of anilines is 1. The Balaban J connectivity index is 1.29. The number of aliphatic imine (C=N–C) groups is 1. The van der Waals surface area contributed by atoms with Gasteiger partial charge in [0.2, 0.25) is 10.0 Å². The highest BCUT2D eigenvalue weighted by atomic mass is 32.2. The molecular weight excluding hydrogens is 473 g/mol. The number of hydrogen-bond donors (Lipinski definition) is 2. The molecule has 0 unspecified atom stereocenters. The van der Waals surface area contributed by atoms with E-state index in [-0.39, 0.29) is 23.5 Å². The van der Waals surface area contributed by atoms with Crippen LogP contribution in [-0.4, -0.2) is 66.4 Å². The molecule has 2 aliphatic rings. The monoisotopic (exact) mass is 492 g/mol. The van der Waals surface area contributed by atoms with E-state index in [4.69, 9.17) is 0 Å². The molecule has 3 aromatic rings. The smallest absolute Gasteiger partial charge is 0.325 e. The quantitative estimate of drug-likeness (QED) is 0.579. The Morgan fingerprint density at radius 2 is 1.76 bits per heavy atom. The number of piperazine rings is 1. The van der Waals surface area contributed by atoms with Gasteiger partial charge in [-0.25, -0.2) is 18.5 Å². The molecule has 34 heavy (non-hydrogen) atoms. The van der Waals surface area contributed by atoms with Crippen LogP contribution in [0.4, 0.5) is 24.7 Å². The zero-order chi connectivity index (χ0) is 24.1. The molecule has 5 rings (SSSR count). The Kier molecular flexibility index (Phi) is 5.41. The number of nitrogens with one attached hydrogen (secondary N) is 2. The number of aromatic nitrogens is 2.